The number of aryl methyl sites for hydroxylation is 1. The zero-order valence-electron chi connectivity index (χ0n) is 33.8. The highest BCUT2D eigenvalue weighted by Crippen LogP contribution is 2.40. The van der Waals surface area contributed by atoms with Gasteiger partial charge in [-0.15, -0.1) is 0 Å². The highest BCUT2D eigenvalue weighted by molar-refractivity contribution is 7.81. The molecule has 1 unspecified atom stereocenters. The number of halogens is 4. The molecule has 13 nitrogen and oxygen atoms in total. The van der Waals surface area contributed by atoms with E-state index in [2.05, 4.69) is 25.8 Å². The summed E-state index contributed by atoms with van der Waals surface area (Å²) in [6.45, 7) is 11.7. The minimum absolute atomic E-state index is 0.000787. The van der Waals surface area contributed by atoms with Crippen molar-refractivity contribution in [3.63, 3.8) is 0 Å². The van der Waals surface area contributed by atoms with E-state index in [1.165, 1.54) is 18.2 Å². The lowest BCUT2D eigenvalue weighted by atomic mass is 10.0. The molecule has 3 N–H and O–H groups in total. The van der Waals surface area contributed by atoms with E-state index < -0.39 is 46.5 Å². The molecule has 3 heterocycles. The van der Waals surface area contributed by atoms with Crippen molar-refractivity contribution in [1.29, 1.82) is 5.26 Å². The summed E-state index contributed by atoms with van der Waals surface area (Å²) in [6, 6.07) is 13.3. The maximum absolute atomic E-state index is 14.5. The van der Waals surface area contributed by atoms with Crippen LogP contribution in [0.2, 0.25) is 0 Å². The number of nitrogens with zero attached hydrogens (tertiary/aromatic N) is 5. The number of thiocarbonyl (C=S) groups is 1. The third-order valence-corrected chi connectivity index (χ3v) is 11.3. The number of benzene rings is 3. The van der Waals surface area contributed by atoms with Gasteiger partial charge in [0.05, 0.1) is 29.4 Å². The van der Waals surface area contributed by atoms with E-state index in [0.29, 0.717) is 49.8 Å². The number of hydrogen-bond acceptors (Lipinski definition) is 10. The van der Waals surface area contributed by atoms with Crippen LogP contribution >= 0.6 is 12.2 Å². The monoisotopic (exact) mass is 850 g/mol. The first-order valence-corrected chi connectivity index (χ1v) is 20.0. The summed E-state index contributed by atoms with van der Waals surface area (Å²) in [5.41, 5.74) is -1.10. The molecule has 60 heavy (non-hydrogen) atoms. The number of nitriles is 1. The van der Waals surface area contributed by atoms with Crippen LogP contribution in [-0.4, -0.2) is 95.0 Å². The van der Waals surface area contributed by atoms with Crippen LogP contribution in [0.1, 0.15) is 64.2 Å². The molecule has 3 aromatic rings. The SMILES string of the molecule is CCc1cc(N2C(=S)N(c3ccc(C#N)c(C(F)(F)F)c3)C(=O)C2(C)C)ccc1OCCN1C[C@@H](C)N(CC(=O)Nc2cc(F)cc(NC3CCC(=O)NC3=O)c2)[C@@H](C)C1. The van der Waals surface area contributed by atoms with Crippen LogP contribution in [0.4, 0.5) is 40.3 Å². The van der Waals surface area contributed by atoms with Crippen molar-refractivity contribution in [3.8, 4) is 11.8 Å². The minimum atomic E-state index is -4.81. The third kappa shape index (κ3) is 9.38. The summed E-state index contributed by atoms with van der Waals surface area (Å²) in [5, 5.41) is 17.2. The zero-order valence-corrected chi connectivity index (χ0v) is 34.6. The topological polar surface area (TPSA) is 150 Å². The van der Waals surface area contributed by atoms with Crippen LogP contribution in [-0.2, 0) is 31.8 Å². The Balaban J connectivity index is 1.04. The molecular weight excluding hydrogens is 805 g/mol. The molecular formula is C42H46F4N8O5S. The van der Waals surface area contributed by atoms with Gasteiger partial charge in [0.2, 0.25) is 17.7 Å². The van der Waals surface area contributed by atoms with Crippen molar-refractivity contribution in [1.82, 2.24) is 15.1 Å². The van der Waals surface area contributed by atoms with Crippen LogP contribution in [0.5, 0.6) is 5.75 Å². The Bertz CT molecular complexity index is 2240. The fourth-order valence-corrected chi connectivity index (χ4v) is 8.49. The quantitative estimate of drug-likeness (QED) is 0.115. The number of imide groups is 1. The van der Waals surface area contributed by atoms with Gasteiger partial charge in [0, 0.05) is 55.2 Å². The molecule has 0 aliphatic carbocycles. The summed E-state index contributed by atoms with van der Waals surface area (Å²) >= 11 is 5.71. The van der Waals surface area contributed by atoms with Crippen molar-refractivity contribution in [2.45, 2.75) is 83.7 Å². The maximum Gasteiger partial charge on any atom is 0.417 e. The van der Waals surface area contributed by atoms with Gasteiger partial charge >= 0.3 is 6.18 Å². The Hall–Kier alpha value is -5.64. The molecule has 318 valence electrons. The molecule has 3 aromatic carbocycles. The molecule has 3 aliphatic rings. The maximum atomic E-state index is 14.5. The molecule has 18 heteroatoms. The van der Waals surface area contributed by atoms with Crippen molar-refractivity contribution in [2.75, 3.05) is 53.2 Å². The zero-order chi connectivity index (χ0) is 43.7. The predicted molar refractivity (Wildman–Crippen MR) is 221 cm³/mol. The average molecular weight is 851 g/mol. The van der Waals surface area contributed by atoms with Crippen molar-refractivity contribution in [2.24, 2.45) is 0 Å². The summed E-state index contributed by atoms with van der Waals surface area (Å²) in [6.07, 6.45) is -3.79. The van der Waals surface area contributed by atoms with E-state index >= 15 is 0 Å². The number of nitrogens with one attached hydrogen (secondary N) is 3. The number of carbonyl (C=O) groups excluding carboxylic acids is 4. The number of ether oxygens (including phenoxy) is 1. The van der Waals surface area contributed by atoms with E-state index in [-0.39, 0.29) is 59.8 Å². The third-order valence-electron chi connectivity index (χ3n) is 11.0. The number of anilines is 4. The molecule has 3 atom stereocenters. The Morgan fingerprint density at radius 2 is 1.70 bits per heavy atom. The van der Waals surface area contributed by atoms with Crippen molar-refractivity contribution in [3.05, 3.63) is 77.1 Å². The van der Waals surface area contributed by atoms with Gasteiger partial charge < -0.3 is 20.3 Å². The highest BCUT2D eigenvalue weighted by atomic mass is 32.1. The van der Waals surface area contributed by atoms with Gasteiger partial charge in [-0.3, -0.25) is 39.2 Å². The first-order valence-electron chi connectivity index (χ1n) is 19.5. The molecule has 4 amide bonds. The number of piperazine rings is 1. The number of carbonyl (C=O) groups is 4. The lowest BCUT2D eigenvalue weighted by Crippen LogP contribution is -2.58. The Morgan fingerprint density at radius 3 is 2.35 bits per heavy atom. The fraction of sp³-hybridized carbons (Fsp3) is 0.429. The minimum Gasteiger partial charge on any atom is -0.492 e. The van der Waals surface area contributed by atoms with Gasteiger partial charge in [-0.2, -0.15) is 18.4 Å². The van der Waals surface area contributed by atoms with E-state index in [4.69, 9.17) is 17.0 Å². The van der Waals surface area contributed by atoms with Gasteiger partial charge in [-0.05, 0) is 113 Å². The number of hydrogen-bond donors (Lipinski definition) is 3. The van der Waals surface area contributed by atoms with Crippen LogP contribution in [0, 0.1) is 17.1 Å². The summed E-state index contributed by atoms with van der Waals surface area (Å²) < 4.78 is 62.1. The fourth-order valence-electron chi connectivity index (χ4n) is 7.97. The molecule has 3 saturated heterocycles. The molecule has 3 fully saturated rings. The molecule has 0 aromatic heterocycles. The molecule has 6 rings (SSSR count). The van der Waals surface area contributed by atoms with Crippen LogP contribution in [0.25, 0.3) is 0 Å². The molecule has 0 radical (unpaired) electrons. The second-order valence-electron chi connectivity index (χ2n) is 15.7. The predicted octanol–water partition coefficient (Wildman–Crippen LogP) is 5.82. The molecule has 0 saturated carbocycles. The van der Waals surface area contributed by atoms with Gasteiger partial charge in [-0.25, -0.2) is 4.39 Å². The van der Waals surface area contributed by atoms with Crippen LogP contribution < -0.4 is 30.5 Å². The van der Waals surface area contributed by atoms with Crippen LogP contribution in [0.3, 0.4) is 0 Å². The number of amides is 4. The average Bonchev–Trinajstić information content (AvgIpc) is 3.35. The lowest BCUT2D eigenvalue weighted by molar-refractivity contribution is -0.138. The largest absolute Gasteiger partial charge is 0.492 e. The number of alkyl halides is 3. The van der Waals surface area contributed by atoms with E-state index in [0.717, 1.165) is 22.6 Å². The normalized spacial score (nSPS) is 21.2. The van der Waals surface area contributed by atoms with Gasteiger partial charge in [0.15, 0.2) is 5.11 Å². The molecule has 3 aliphatic heterocycles. The van der Waals surface area contributed by atoms with Gasteiger partial charge in [0.1, 0.15) is 29.8 Å². The van der Waals surface area contributed by atoms with Crippen LogP contribution in [0.15, 0.2) is 54.6 Å². The summed E-state index contributed by atoms with van der Waals surface area (Å²) in [5.74, 6) is -1.65. The highest BCUT2D eigenvalue weighted by Gasteiger charge is 2.51. The first-order chi connectivity index (χ1) is 28.3. The number of piperidine rings is 1. The first kappa shape index (κ1) is 43.9. The van der Waals surface area contributed by atoms with E-state index in [1.807, 2.05) is 26.8 Å². The van der Waals surface area contributed by atoms with E-state index in [1.54, 1.807) is 43.0 Å². The summed E-state index contributed by atoms with van der Waals surface area (Å²) in [7, 11) is 0. The summed E-state index contributed by atoms with van der Waals surface area (Å²) in [4.78, 5) is 57.5. The lowest BCUT2D eigenvalue weighted by Gasteiger charge is -2.44. The Morgan fingerprint density at radius 1 is 1.02 bits per heavy atom. The molecule has 0 bridgehead atoms. The molecule has 0 spiro atoms. The number of rotatable bonds is 12. The second kappa shape index (κ2) is 17.5. The van der Waals surface area contributed by atoms with Crippen molar-refractivity contribution < 1.29 is 41.5 Å². The Kier molecular flexibility index (Phi) is 12.8. The van der Waals surface area contributed by atoms with E-state index in [9.17, 15) is 42.0 Å². The van der Waals surface area contributed by atoms with Gasteiger partial charge in [0.25, 0.3) is 5.91 Å². The second-order valence-corrected chi connectivity index (χ2v) is 16.1. The van der Waals surface area contributed by atoms with Gasteiger partial charge in [-0.1, -0.05) is 6.92 Å². The smallest absolute Gasteiger partial charge is 0.417 e. The van der Waals surface area contributed by atoms with Crippen molar-refractivity contribution >= 4 is 63.7 Å². The standard InChI is InChI=1S/C42H46F4N8O5S/c1-6-26-15-32(54-40(60)53(39(58)41(54,4)5)31-8-7-27(20-47)33(19-31)42(44,45)46)9-11-35(26)59-14-13-51-21-24(2)52(25(3)22-51)23-37(56)49-30-17-28(43)16-29(18-30)48-34-10-12-36(55)50-38(34)57/h7-9,11,15-19,24-25,34,48H,6,10,12-14,21-23H2,1-5H3,(H,49,56)(H,50,55,57)/t24-,25+,34?. The Labute approximate surface area is 350 Å².